The Hall–Kier alpha value is -1.08. The minimum absolute atomic E-state index is 0.614. The van der Waals surface area contributed by atoms with Gasteiger partial charge < -0.3 is 5.11 Å². The first kappa shape index (κ1) is 11.0. The molecule has 14 heavy (non-hydrogen) atoms. The third-order valence-corrected chi connectivity index (χ3v) is 2.38. The van der Waals surface area contributed by atoms with E-state index in [2.05, 4.69) is 18.7 Å². The van der Waals surface area contributed by atoms with Gasteiger partial charge in [0.2, 0.25) is 0 Å². The van der Waals surface area contributed by atoms with Gasteiger partial charge in [0, 0.05) is 0 Å². The van der Waals surface area contributed by atoms with Gasteiger partial charge in [-0.2, -0.15) is 0 Å². The van der Waals surface area contributed by atoms with Crippen molar-refractivity contribution in [1.82, 2.24) is 0 Å². The first-order chi connectivity index (χ1) is 6.64. The van der Waals surface area contributed by atoms with Crippen LogP contribution in [0.1, 0.15) is 25.3 Å². The van der Waals surface area contributed by atoms with Crippen LogP contribution in [0.2, 0.25) is 0 Å². The van der Waals surface area contributed by atoms with Crippen LogP contribution in [0, 0.1) is 0 Å². The Labute approximate surface area is 86.1 Å². The smallest absolute Gasteiger partial charge is 0.0657 e. The summed E-state index contributed by atoms with van der Waals surface area (Å²) in [7, 11) is 0. The van der Waals surface area contributed by atoms with Crippen LogP contribution < -0.4 is 0 Å². The van der Waals surface area contributed by atoms with Gasteiger partial charge in [-0.1, -0.05) is 36.4 Å². The Kier molecular flexibility index (Phi) is 3.90. The third kappa shape index (κ3) is 3.75. The lowest BCUT2D eigenvalue weighted by Gasteiger charge is -2.21. The fourth-order valence-corrected chi connectivity index (χ4v) is 1.47. The summed E-state index contributed by atoms with van der Waals surface area (Å²) in [4.78, 5) is 0. The summed E-state index contributed by atoms with van der Waals surface area (Å²) >= 11 is 0. The van der Waals surface area contributed by atoms with E-state index < -0.39 is 5.60 Å². The van der Waals surface area contributed by atoms with Crippen LogP contribution in [0.15, 0.2) is 43.0 Å². The van der Waals surface area contributed by atoms with Crippen LogP contribution in [-0.4, -0.2) is 10.7 Å². The van der Waals surface area contributed by atoms with Gasteiger partial charge in [-0.05, 0) is 31.7 Å². The summed E-state index contributed by atoms with van der Waals surface area (Å²) in [5.41, 5.74) is 0.661. The van der Waals surface area contributed by atoms with Gasteiger partial charge in [0.1, 0.15) is 0 Å². The molecule has 0 aromatic heterocycles. The maximum absolute atomic E-state index is 9.90. The molecule has 1 aromatic carbocycles. The van der Waals surface area contributed by atoms with Gasteiger partial charge in [-0.3, -0.25) is 0 Å². The van der Waals surface area contributed by atoms with Gasteiger partial charge in [0.15, 0.2) is 0 Å². The topological polar surface area (TPSA) is 20.2 Å². The Morgan fingerprint density at radius 2 is 2.00 bits per heavy atom. The van der Waals surface area contributed by atoms with Gasteiger partial charge >= 0.3 is 0 Å². The van der Waals surface area contributed by atoms with Gasteiger partial charge in [-0.25, -0.2) is 0 Å². The third-order valence-electron chi connectivity index (χ3n) is 2.38. The van der Waals surface area contributed by atoms with E-state index in [9.17, 15) is 5.11 Å². The summed E-state index contributed by atoms with van der Waals surface area (Å²) in [6.45, 7) is 5.50. The zero-order valence-corrected chi connectivity index (χ0v) is 8.74. The van der Waals surface area contributed by atoms with E-state index in [0.717, 1.165) is 12.8 Å². The fraction of sp³-hybridized carbons (Fsp3) is 0.385. The molecule has 1 aromatic rings. The summed E-state index contributed by atoms with van der Waals surface area (Å²) in [5.74, 6) is 0. The molecule has 0 aliphatic carbocycles. The van der Waals surface area contributed by atoms with Crippen molar-refractivity contribution in [3.05, 3.63) is 48.6 Å². The molecule has 0 saturated heterocycles. The number of hydrogen-bond donors (Lipinski definition) is 1. The number of aryl methyl sites for hydroxylation is 1. The lowest BCUT2D eigenvalue weighted by molar-refractivity contribution is 0.0544. The molecule has 0 bridgehead atoms. The highest BCUT2D eigenvalue weighted by molar-refractivity contribution is 5.15. The molecule has 0 unspecified atom stereocenters. The molecule has 0 saturated carbocycles. The highest BCUT2D eigenvalue weighted by Crippen LogP contribution is 2.17. The monoisotopic (exact) mass is 190 g/mol. The normalized spacial score (nSPS) is 14.7. The minimum Gasteiger partial charge on any atom is -0.390 e. The number of aliphatic hydroxyl groups is 1. The van der Waals surface area contributed by atoms with E-state index in [4.69, 9.17) is 0 Å². The highest BCUT2D eigenvalue weighted by atomic mass is 16.3. The Balaban J connectivity index is 2.44. The number of rotatable bonds is 5. The summed E-state index contributed by atoms with van der Waals surface area (Å²) in [5, 5.41) is 9.90. The minimum atomic E-state index is -0.614. The van der Waals surface area contributed by atoms with Crippen molar-refractivity contribution in [2.75, 3.05) is 0 Å². The molecular weight excluding hydrogens is 172 g/mol. The van der Waals surface area contributed by atoms with Crippen LogP contribution in [-0.2, 0) is 6.42 Å². The van der Waals surface area contributed by atoms with Crippen molar-refractivity contribution in [2.24, 2.45) is 0 Å². The quantitative estimate of drug-likeness (QED) is 0.708. The lowest BCUT2D eigenvalue weighted by Crippen LogP contribution is -2.23. The maximum atomic E-state index is 9.90. The Morgan fingerprint density at radius 3 is 2.57 bits per heavy atom. The highest BCUT2D eigenvalue weighted by Gasteiger charge is 2.17. The van der Waals surface area contributed by atoms with Crippen molar-refractivity contribution in [2.45, 2.75) is 31.8 Å². The van der Waals surface area contributed by atoms with Crippen LogP contribution in [0.4, 0.5) is 0 Å². The fourth-order valence-electron chi connectivity index (χ4n) is 1.47. The molecule has 0 amide bonds. The van der Waals surface area contributed by atoms with Crippen LogP contribution in [0.5, 0.6) is 0 Å². The Morgan fingerprint density at radius 1 is 1.36 bits per heavy atom. The molecule has 0 radical (unpaired) electrons. The van der Waals surface area contributed by atoms with Crippen molar-refractivity contribution >= 4 is 0 Å². The standard InChI is InChI=1S/C13H18O/c1-3-10-13(2,14)11-9-12-7-5-4-6-8-12/h3-8,14H,1,9-11H2,2H3/t13-/m1/s1. The molecule has 1 heteroatoms. The Bertz CT molecular complexity index is 275. The predicted octanol–water partition coefficient (Wildman–Crippen LogP) is 2.95. The molecule has 1 rings (SSSR count). The molecule has 0 heterocycles. The SMILES string of the molecule is C=CC[C@@](C)(O)CCc1ccccc1. The van der Waals surface area contributed by atoms with Crippen LogP contribution in [0.25, 0.3) is 0 Å². The first-order valence-electron chi connectivity index (χ1n) is 5.01. The second-order valence-electron chi connectivity index (χ2n) is 3.98. The van der Waals surface area contributed by atoms with E-state index in [1.54, 1.807) is 6.08 Å². The van der Waals surface area contributed by atoms with E-state index >= 15 is 0 Å². The molecule has 0 aliphatic heterocycles. The average molecular weight is 190 g/mol. The van der Waals surface area contributed by atoms with Crippen LogP contribution in [0.3, 0.4) is 0 Å². The molecule has 1 atom stereocenters. The summed E-state index contributed by atoms with van der Waals surface area (Å²) in [6, 6.07) is 10.2. The molecule has 76 valence electrons. The summed E-state index contributed by atoms with van der Waals surface area (Å²) in [6.07, 6.45) is 4.12. The number of hydrogen-bond acceptors (Lipinski definition) is 1. The van der Waals surface area contributed by atoms with E-state index in [1.807, 2.05) is 25.1 Å². The lowest BCUT2D eigenvalue weighted by atomic mass is 9.94. The van der Waals surface area contributed by atoms with Gasteiger partial charge in [0.05, 0.1) is 5.60 Å². The summed E-state index contributed by atoms with van der Waals surface area (Å²) < 4.78 is 0. The molecule has 0 fully saturated rings. The molecular formula is C13H18O. The molecule has 0 spiro atoms. The zero-order valence-electron chi connectivity index (χ0n) is 8.74. The first-order valence-corrected chi connectivity index (χ1v) is 5.01. The van der Waals surface area contributed by atoms with Crippen molar-refractivity contribution < 1.29 is 5.11 Å². The van der Waals surface area contributed by atoms with E-state index in [-0.39, 0.29) is 0 Å². The van der Waals surface area contributed by atoms with Gasteiger partial charge in [-0.15, -0.1) is 6.58 Å². The predicted molar refractivity (Wildman–Crippen MR) is 60.2 cm³/mol. The zero-order chi connectivity index (χ0) is 10.4. The maximum Gasteiger partial charge on any atom is 0.0657 e. The van der Waals surface area contributed by atoms with Gasteiger partial charge in [0.25, 0.3) is 0 Å². The van der Waals surface area contributed by atoms with Crippen molar-refractivity contribution in [3.63, 3.8) is 0 Å². The van der Waals surface area contributed by atoms with E-state index in [1.165, 1.54) is 5.56 Å². The molecule has 0 aliphatic rings. The largest absolute Gasteiger partial charge is 0.390 e. The van der Waals surface area contributed by atoms with Crippen molar-refractivity contribution in [1.29, 1.82) is 0 Å². The van der Waals surface area contributed by atoms with Crippen molar-refractivity contribution in [3.8, 4) is 0 Å². The molecule has 1 nitrogen and oxygen atoms in total. The second-order valence-corrected chi connectivity index (χ2v) is 3.98. The number of benzene rings is 1. The average Bonchev–Trinajstić information content (AvgIpc) is 2.17. The van der Waals surface area contributed by atoms with E-state index in [0.29, 0.717) is 6.42 Å². The second kappa shape index (κ2) is 4.97. The molecule has 1 N–H and O–H groups in total. The van der Waals surface area contributed by atoms with Crippen LogP contribution >= 0.6 is 0 Å².